The molecule has 2 N–H and O–H groups in total. The molecule has 0 aromatic heterocycles. The van der Waals surface area contributed by atoms with E-state index in [1.54, 1.807) is 0 Å². The normalized spacial score (nSPS) is 16.9. The summed E-state index contributed by atoms with van der Waals surface area (Å²) in [5, 5.41) is 0. The van der Waals surface area contributed by atoms with Crippen LogP contribution in [0.25, 0.3) is 0 Å². The molecule has 0 radical (unpaired) electrons. The summed E-state index contributed by atoms with van der Waals surface area (Å²) in [5.74, 6) is 1.51. The van der Waals surface area contributed by atoms with Crippen LogP contribution in [0, 0.1) is 12.8 Å². The number of benzene rings is 1. The Morgan fingerprint density at radius 1 is 1.25 bits per heavy atom. The number of rotatable bonds is 5. The Morgan fingerprint density at radius 2 is 1.95 bits per heavy atom. The van der Waals surface area contributed by atoms with E-state index >= 15 is 0 Å². The predicted molar refractivity (Wildman–Crippen MR) is 88.5 cm³/mol. The van der Waals surface area contributed by atoms with Crippen molar-refractivity contribution in [1.29, 1.82) is 0 Å². The summed E-state index contributed by atoms with van der Waals surface area (Å²) in [7, 11) is 0. The molecule has 2 nitrogen and oxygen atoms in total. The van der Waals surface area contributed by atoms with E-state index in [2.05, 4.69) is 43.9 Å². The van der Waals surface area contributed by atoms with E-state index in [0.717, 1.165) is 12.5 Å². The quantitative estimate of drug-likeness (QED) is 0.877. The highest BCUT2D eigenvalue weighted by Gasteiger charge is 2.19. The molecule has 112 valence electrons. The monoisotopic (exact) mass is 274 g/mol. The van der Waals surface area contributed by atoms with Gasteiger partial charge < -0.3 is 10.6 Å². The summed E-state index contributed by atoms with van der Waals surface area (Å²) in [6.45, 7) is 10.0. The van der Waals surface area contributed by atoms with Crippen LogP contribution in [0.3, 0.4) is 0 Å². The molecule has 0 aliphatic carbocycles. The highest BCUT2D eigenvalue weighted by Crippen LogP contribution is 2.29. The summed E-state index contributed by atoms with van der Waals surface area (Å²) in [4.78, 5) is 2.55. The molecule has 1 saturated heterocycles. The van der Waals surface area contributed by atoms with Gasteiger partial charge in [0.25, 0.3) is 0 Å². The molecule has 2 heteroatoms. The van der Waals surface area contributed by atoms with Gasteiger partial charge in [-0.3, -0.25) is 0 Å². The lowest BCUT2D eigenvalue weighted by atomic mass is 9.91. The van der Waals surface area contributed by atoms with Gasteiger partial charge in [-0.05, 0) is 74.2 Å². The third-order valence-electron chi connectivity index (χ3n) is 4.67. The van der Waals surface area contributed by atoms with E-state index in [9.17, 15) is 0 Å². The first-order valence-corrected chi connectivity index (χ1v) is 8.17. The summed E-state index contributed by atoms with van der Waals surface area (Å²) < 4.78 is 0. The molecule has 0 amide bonds. The van der Waals surface area contributed by atoms with E-state index < -0.39 is 0 Å². The Labute approximate surface area is 124 Å². The van der Waals surface area contributed by atoms with Crippen molar-refractivity contribution < 1.29 is 0 Å². The van der Waals surface area contributed by atoms with Crippen molar-refractivity contribution in [1.82, 2.24) is 0 Å². The highest BCUT2D eigenvalue weighted by molar-refractivity contribution is 5.51. The minimum atomic E-state index is 0.617. The Bertz CT molecular complexity index is 417. The van der Waals surface area contributed by atoms with E-state index in [1.165, 1.54) is 55.6 Å². The fourth-order valence-corrected chi connectivity index (χ4v) is 3.39. The van der Waals surface area contributed by atoms with Crippen LogP contribution >= 0.6 is 0 Å². The topological polar surface area (TPSA) is 29.3 Å². The van der Waals surface area contributed by atoms with Crippen LogP contribution in [0.2, 0.25) is 0 Å². The standard InChI is InChI=1S/C18H30N2/c1-14(2)18-7-6-17(13-15(18)3)20-11-8-16(9-12-20)5-4-10-19/h6-7,13-14,16H,4-5,8-12,19H2,1-3H3. The Hall–Kier alpha value is -1.02. The number of piperidine rings is 1. The second-order valence-corrected chi connectivity index (χ2v) is 6.56. The Balaban J connectivity index is 1.95. The SMILES string of the molecule is Cc1cc(N2CCC(CCCN)CC2)ccc1C(C)C. The average Bonchev–Trinajstić information content (AvgIpc) is 2.45. The van der Waals surface area contributed by atoms with Gasteiger partial charge in [-0.15, -0.1) is 0 Å². The molecule has 1 aromatic rings. The van der Waals surface area contributed by atoms with E-state index in [-0.39, 0.29) is 0 Å². The lowest BCUT2D eigenvalue weighted by molar-refractivity contribution is 0.375. The van der Waals surface area contributed by atoms with Crippen molar-refractivity contribution in [2.24, 2.45) is 11.7 Å². The van der Waals surface area contributed by atoms with Crippen LogP contribution < -0.4 is 10.6 Å². The van der Waals surface area contributed by atoms with Gasteiger partial charge in [0, 0.05) is 18.8 Å². The molecular weight excluding hydrogens is 244 g/mol. The molecule has 0 unspecified atom stereocenters. The Kier molecular flexibility index (Phi) is 5.47. The fourth-order valence-electron chi connectivity index (χ4n) is 3.39. The maximum Gasteiger partial charge on any atom is 0.0369 e. The summed E-state index contributed by atoms with van der Waals surface area (Å²) in [5.41, 5.74) is 9.93. The molecule has 0 saturated carbocycles. The van der Waals surface area contributed by atoms with Gasteiger partial charge in [0.1, 0.15) is 0 Å². The third-order valence-corrected chi connectivity index (χ3v) is 4.67. The van der Waals surface area contributed by atoms with E-state index in [4.69, 9.17) is 5.73 Å². The van der Waals surface area contributed by atoms with Crippen molar-refractivity contribution in [3.63, 3.8) is 0 Å². The zero-order valence-corrected chi connectivity index (χ0v) is 13.4. The number of anilines is 1. The largest absolute Gasteiger partial charge is 0.372 e. The molecule has 1 aliphatic rings. The summed E-state index contributed by atoms with van der Waals surface area (Å²) >= 11 is 0. The summed E-state index contributed by atoms with van der Waals surface area (Å²) in [6, 6.07) is 6.99. The van der Waals surface area contributed by atoms with Crippen molar-refractivity contribution >= 4 is 5.69 Å². The number of nitrogens with two attached hydrogens (primary N) is 1. The second kappa shape index (κ2) is 7.12. The van der Waals surface area contributed by atoms with Crippen LogP contribution in [-0.4, -0.2) is 19.6 Å². The highest BCUT2D eigenvalue weighted by atomic mass is 15.1. The maximum atomic E-state index is 5.61. The molecular formula is C18H30N2. The van der Waals surface area contributed by atoms with Crippen LogP contribution in [-0.2, 0) is 0 Å². The van der Waals surface area contributed by atoms with Crippen LogP contribution in [0.1, 0.15) is 56.6 Å². The lowest BCUT2D eigenvalue weighted by Gasteiger charge is -2.34. The van der Waals surface area contributed by atoms with Crippen LogP contribution in [0.4, 0.5) is 5.69 Å². The van der Waals surface area contributed by atoms with Gasteiger partial charge >= 0.3 is 0 Å². The van der Waals surface area contributed by atoms with E-state index in [0.29, 0.717) is 5.92 Å². The van der Waals surface area contributed by atoms with Gasteiger partial charge in [0.15, 0.2) is 0 Å². The molecule has 1 fully saturated rings. The average molecular weight is 274 g/mol. The minimum absolute atomic E-state index is 0.617. The molecule has 0 bridgehead atoms. The maximum absolute atomic E-state index is 5.61. The van der Waals surface area contributed by atoms with Gasteiger partial charge in [-0.2, -0.15) is 0 Å². The lowest BCUT2D eigenvalue weighted by Crippen LogP contribution is -2.33. The number of nitrogens with zero attached hydrogens (tertiary/aromatic N) is 1. The molecule has 1 heterocycles. The van der Waals surface area contributed by atoms with Crippen LogP contribution in [0.5, 0.6) is 0 Å². The minimum Gasteiger partial charge on any atom is -0.372 e. The van der Waals surface area contributed by atoms with Crippen LogP contribution in [0.15, 0.2) is 18.2 Å². The van der Waals surface area contributed by atoms with Crippen molar-refractivity contribution in [2.75, 3.05) is 24.5 Å². The van der Waals surface area contributed by atoms with Gasteiger partial charge in [-0.25, -0.2) is 0 Å². The third kappa shape index (κ3) is 3.76. The van der Waals surface area contributed by atoms with Gasteiger partial charge in [-0.1, -0.05) is 19.9 Å². The smallest absolute Gasteiger partial charge is 0.0369 e. The number of aryl methyl sites for hydroxylation is 1. The second-order valence-electron chi connectivity index (χ2n) is 6.56. The zero-order chi connectivity index (χ0) is 14.5. The predicted octanol–water partition coefficient (Wildman–Crippen LogP) is 4.07. The van der Waals surface area contributed by atoms with Gasteiger partial charge in [0.2, 0.25) is 0 Å². The molecule has 1 aromatic carbocycles. The molecule has 20 heavy (non-hydrogen) atoms. The van der Waals surface area contributed by atoms with E-state index in [1.807, 2.05) is 0 Å². The zero-order valence-electron chi connectivity index (χ0n) is 13.4. The first kappa shape index (κ1) is 15.4. The van der Waals surface area contributed by atoms with Crippen molar-refractivity contribution in [2.45, 2.75) is 52.4 Å². The molecule has 2 rings (SSSR count). The molecule has 0 atom stereocenters. The number of hydrogen-bond donors (Lipinski definition) is 1. The fraction of sp³-hybridized carbons (Fsp3) is 0.667. The first-order chi connectivity index (χ1) is 9.61. The molecule has 1 aliphatic heterocycles. The first-order valence-electron chi connectivity index (χ1n) is 8.17. The number of hydrogen-bond acceptors (Lipinski definition) is 2. The summed E-state index contributed by atoms with van der Waals surface area (Å²) in [6.07, 6.45) is 5.15. The van der Waals surface area contributed by atoms with Gasteiger partial charge in [0.05, 0.1) is 0 Å². The Morgan fingerprint density at radius 3 is 2.50 bits per heavy atom. The van der Waals surface area contributed by atoms with Crippen molar-refractivity contribution in [3.8, 4) is 0 Å². The van der Waals surface area contributed by atoms with Crippen molar-refractivity contribution in [3.05, 3.63) is 29.3 Å². The molecule has 0 spiro atoms.